The maximum Gasteiger partial charge on any atom is 0.307 e. The van der Waals surface area contributed by atoms with Crippen LogP contribution < -0.4 is 5.32 Å². The SMILES string of the molecule is O=C(O)[C@H]1CC=CC[C@H]1C(=O)Nc1ccnc(Cl)c1. The van der Waals surface area contributed by atoms with Crippen LogP contribution in [0.25, 0.3) is 0 Å². The summed E-state index contributed by atoms with van der Waals surface area (Å²) >= 11 is 5.73. The first-order valence-electron chi connectivity index (χ1n) is 5.88. The van der Waals surface area contributed by atoms with Gasteiger partial charge in [0.2, 0.25) is 5.91 Å². The fourth-order valence-electron chi connectivity index (χ4n) is 2.09. The van der Waals surface area contributed by atoms with Crippen LogP contribution in [-0.2, 0) is 9.59 Å². The lowest BCUT2D eigenvalue weighted by Gasteiger charge is -2.24. The molecule has 1 aliphatic carbocycles. The van der Waals surface area contributed by atoms with E-state index >= 15 is 0 Å². The second-order valence-corrected chi connectivity index (χ2v) is 4.74. The van der Waals surface area contributed by atoms with Crippen molar-refractivity contribution in [1.29, 1.82) is 0 Å². The van der Waals surface area contributed by atoms with Gasteiger partial charge in [0.1, 0.15) is 5.15 Å². The molecule has 0 radical (unpaired) electrons. The summed E-state index contributed by atoms with van der Waals surface area (Å²) in [5.74, 6) is -2.49. The Labute approximate surface area is 115 Å². The molecule has 1 aliphatic rings. The van der Waals surface area contributed by atoms with Crippen molar-refractivity contribution in [1.82, 2.24) is 4.98 Å². The second kappa shape index (κ2) is 5.84. The van der Waals surface area contributed by atoms with E-state index in [1.54, 1.807) is 12.1 Å². The lowest BCUT2D eigenvalue weighted by Crippen LogP contribution is -2.34. The fraction of sp³-hybridized carbons (Fsp3) is 0.308. The maximum absolute atomic E-state index is 12.1. The minimum absolute atomic E-state index is 0.274. The van der Waals surface area contributed by atoms with Gasteiger partial charge in [0.25, 0.3) is 0 Å². The van der Waals surface area contributed by atoms with E-state index < -0.39 is 17.8 Å². The quantitative estimate of drug-likeness (QED) is 0.658. The number of amides is 1. The molecule has 1 aromatic heterocycles. The van der Waals surface area contributed by atoms with Crippen LogP contribution in [0, 0.1) is 11.8 Å². The van der Waals surface area contributed by atoms with Crippen LogP contribution in [0.3, 0.4) is 0 Å². The number of nitrogens with one attached hydrogen (secondary N) is 1. The van der Waals surface area contributed by atoms with Gasteiger partial charge >= 0.3 is 5.97 Å². The number of halogens is 1. The van der Waals surface area contributed by atoms with Crippen LogP contribution in [-0.4, -0.2) is 22.0 Å². The van der Waals surface area contributed by atoms with Gasteiger partial charge < -0.3 is 10.4 Å². The highest BCUT2D eigenvalue weighted by Gasteiger charge is 2.33. The molecule has 2 N–H and O–H groups in total. The third kappa shape index (κ3) is 3.32. The molecule has 0 aromatic carbocycles. The summed E-state index contributed by atoms with van der Waals surface area (Å²) in [7, 11) is 0. The second-order valence-electron chi connectivity index (χ2n) is 4.35. The Balaban J connectivity index is 2.10. The average molecular weight is 281 g/mol. The number of aromatic nitrogens is 1. The Kier molecular flexibility index (Phi) is 4.16. The lowest BCUT2D eigenvalue weighted by molar-refractivity contribution is -0.146. The summed E-state index contributed by atoms with van der Waals surface area (Å²) in [6, 6.07) is 3.13. The Morgan fingerprint density at radius 1 is 1.32 bits per heavy atom. The van der Waals surface area contributed by atoms with Gasteiger partial charge in [-0.25, -0.2) is 4.98 Å². The number of pyridine rings is 1. The molecule has 1 heterocycles. The highest BCUT2D eigenvalue weighted by molar-refractivity contribution is 6.29. The zero-order valence-corrected chi connectivity index (χ0v) is 10.8. The predicted molar refractivity (Wildman–Crippen MR) is 70.9 cm³/mol. The molecule has 0 fully saturated rings. The van der Waals surface area contributed by atoms with E-state index in [-0.39, 0.29) is 11.1 Å². The molecule has 0 aliphatic heterocycles. The predicted octanol–water partition coefficient (Wildman–Crippen LogP) is 2.34. The number of hydrogen-bond donors (Lipinski definition) is 2. The van der Waals surface area contributed by atoms with E-state index in [2.05, 4.69) is 10.3 Å². The number of carboxylic acid groups (broad SMARTS) is 1. The molecule has 0 unspecified atom stereocenters. The molecule has 6 heteroatoms. The zero-order valence-electron chi connectivity index (χ0n) is 10.0. The highest BCUT2D eigenvalue weighted by atomic mass is 35.5. The van der Waals surface area contributed by atoms with Crippen molar-refractivity contribution in [2.75, 3.05) is 5.32 Å². The summed E-state index contributed by atoms with van der Waals surface area (Å²) in [4.78, 5) is 27.1. The largest absolute Gasteiger partial charge is 0.481 e. The standard InChI is InChI=1S/C13H13ClN2O3/c14-11-7-8(5-6-15-11)16-12(17)9-3-1-2-4-10(9)13(18)19/h1-2,5-7,9-10H,3-4H2,(H,18,19)(H,15,16,17)/t9-,10+/m1/s1. The highest BCUT2D eigenvalue weighted by Crippen LogP contribution is 2.27. The van der Waals surface area contributed by atoms with Gasteiger partial charge in [-0.3, -0.25) is 9.59 Å². The van der Waals surface area contributed by atoms with Crippen molar-refractivity contribution in [2.45, 2.75) is 12.8 Å². The van der Waals surface area contributed by atoms with Crippen molar-refractivity contribution in [3.63, 3.8) is 0 Å². The first kappa shape index (κ1) is 13.5. The fourth-order valence-corrected chi connectivity index (χ4v) is 2.27. The summed E-state index contributed by atoms with van der Waals surface area (Å²) < 4.78 is 0. The van der Waals surface area contributed by atoms with Crippen LogP contribution >= 0.6 is 11.6 Å². The van der Waals surface area contributed by atoms with Gasteiger partial charge in [-0.1, -0.05) is 23.8 Å². The van der Waals surface area contributed by atoms with Gasteiger partial charge in [-0.05, 0) is 25.0 Å². The Morgan fingerprint density at radius 2 is 2.00 bits per heavy atom. The maximum atomic E-state index is 12.1. The summed E-state index contributed by atoms with van der Waals surface area (Å²) in [6.07, 6.45) is 5.93. The van der Waals surface area contributed by atoms with Crippen LogP contribution in [0.15, 0.2) is 30.5 Å². The number of carboxylic acids is 1. The van der Waals surface area contributed by atoms with E-state index in [0.717, 1.165) is 0 Å². The number of carbonyl (C=O) groups excluding carboxylic acids is 1. The van der Waals surface area contributed by atoms with Crippen molar-refractivity contribution < 1.29 is 14.7 Å². The molecule has 19 heavy (non-hydrogen) atoms. The van der Waals surface area contributed by atoms with Gasteiger partial charge in [-0.15, -0.1) is 0 Å². The van der Waals surface area contributed by atoms with E-state index in [9.17, 15) is 9.59 Å². The Morgan fingerprint density at radius 3 is 2.63 bits per heavy atom. The lowest BCUT2D eigenvalue weighted by atomic mass is 9.82. The van der Waals surface area contributed by atoms with Crippen LogP contribution in [0.4, 0.5) is 5.69 Å². The average Bonchev–Trinajstić information content (AvgIpc) is 2.38. The molecule has 0 spiro atoms. The molecule has 1 aromatic rings. The third-order valence-corrected chi connectivity index (χ3v) is 3.29. The van der Waals surface area contributed by atoms with Crippen molar-refractivity contribution >= 4 is 29.2 Å². The van der Waals surface area contributed by atoms with Crippen LogP contribution in [0.1, 0.15) is 12.8 Å². The van der Waals surface area contributed by atoms with Crippen LogP contribution in [0.5, 0.6) is 0 Å². The van der Waals surface area contributed by atoms with E-state index in [1.165, 1.54) is 12.3 Å². The first-order valence-corrected chi connectivity index (χ1v) is 6.26. The molecule has 2 rings (SSSR count). The topological polar surface area (TPSA) is 79.3 Å². The molecule has 0 bridgehead atoms. The number of rotatable bonds is 3. The summed E-state index contributed by atoms with van der Waals surface area (Å²) in [5.41, 5.74) is 0.517. The minimum Gasteiger partial charge on any atom is -0.481 e. The Hall–Kier alpha value is -1.88. The van der Waals surface area contributed by atoms with Crippen LogP contribution in [0.2, 0.25) is 5.15 Å². The van der Waals surface area contributed by atoms with E-state index in [1.807, 2.05) is 6.08 Å². The minimum atomic E-state index is -0.947. The van der Waals surface area contributed by atoms with Gasteiger partial charge in [0, 0.05) is 11.9 Å². The zero-order chi connectivity index (χ0) is 13.8. The number of nitrogens with zero attached hydrogens (tertiary/aromatic N) is 1. The number of aliphatic carboxylic acids is 1. The van der Waals surface area contributed by atoms with Gasteiger partial charge in [-0.2, -0.15) is 0 Å². The normalized spacial score (nSPS) is 21.9. The number of allylic oxidation sites excluding steroid dienone is 2. The molecular weight excluding hydrogens is 268 g/mol. The Bertz CT molecular complexity index is 530. The number of hydrogen-bond acceptors (Lipinski definition) is 3. The molecule has 2 atom stereocenters. The number of carbonyl (C=O) groups is 2. The summed E-state index contributed by atoms with van der Waals surface area (Å²) in [5, 5.41) is 12.1. The third-order valence-electron chi connectivity index (χ3n) is 3.08. The smallest absolute Gasteiger partial charge is 0.307 e. The monoisotopic (exact) mass is 280 g/mol. The summed E-state index contributed by atoms with van der Waals surface area (Å²) in [6.45, 7) is 0. The molecule has 1 amide bonds. The van der Waals surface area contributed by atoms with E-state index in [4.69, 9.17) is 16.7 Å². The van der Waals surface area contributed by atoms with Gasteiger partial charge in [0.15, 0.2) is 0 Å². The van der Waals surface area contributed by atoms with Crippen molar-refractivity contribution in [3.8, 4) is 0 Å². The molecule has 5 nitrogen and oxygen atoms in total. The first-order chi connectivity index (χ1) is 9.08. The van der Waals surface area contributed by atoms with Crippen molar-refractivity contribution in [2.24, 2.45) is 11.8 Å². The molecule has 100 valence electrons. The number of anilines is 1. The molecule has 0 saturated carbocycles. The molecule has 0 saturated heterocycles. The van der Waals surface area contributed by atoms with Crippen molar-refractivity contribution in [3.05, 3.63) is 35.6 Å². The molecular formula is C13H13ClN2O3. The van der Waals surface area contributed by atoms with E-state index in [0.29, 0.717) is 18.5 Å². The van der Waals surface area contributed by atoms with Gasteiger partial charge in [0.05, 0.1) is 11.8 Å².